The molecule has 0 fully saturated rings. The molecule has 0 saturated carbocycles. The fraction of sp³-hybridized carbons (Fsp3) is 0.150. The first-order chi connectivity index (χ1) is 14.0. The van der Waals surface area contributed by atoms with Crippen molar-refractivity contribution in [1.82, 2.24) is 4.98 Å². The van der Waals surface area contributed by atoms with Gasteiger partial charge in [-0.05, 0) is 31.2 Å². The highest BCUT2D eigenvalue weighted by molar-refractivity contribution is 9.10. The van der Waals surface area contributed by atoms with Crippen LogP contribution in [0.2, 0.25) is 0 Å². The third-order valence-electron chi connectivity index (χ3n) is 4.25. The number of halogens is 1. The number of rotatable bonds is 5. The fourth-order valence-corrected chi connectivity index (χ4v) is 3.79. The van der Waals surface area contributed by atoms with Crippen molar-refractivity contribution in [3.05, 3.63) is 58.4 Å². The van der Waals surface area contributed by atoms with Crippen molar-refractivity contribution in [3.8, 4) is 17.0 Å². The number of amides is 1. The Morgan fingerprint density at radius 2 is 2.00 bits per heavy atom. The van der Waals surface area contributed by atoms with Gasteiger partial charge in [0, 0.05) is 21.5 Å². The average Bonchev–Trinajstić information content (AvgIpc) is 3.32. The molecule has 0 spiro atoms. The van der Waals surface area contributed by atoms with Crippen molar-refractivity contribution >= 4 is 49.7 Å². The first-order valence-corrected chi connectivity index (χ1v) is 10.4. The van der Waals surface area contributed by atoms with Gasteiger partial charge in [0.15, 0.2) is 6.04 Å². The minimum atomic E-state index is -0.763. The zero-order valence-electron chi connectivity index (χ0n) is 15.6. The van der Waals surface area contributed by atoms with E-state index in [1.165, 1.54) is 16.3 Å². The molecule has 2 aromatic carbocycles. The molecule has 0 unspecified atom stereocenters. The lowest BCUT2D eigenvalue weighted by Crippen LogP contribution is -2.29. The van der Waals surface area contributed by atoms with Crippen molar-refractivity contribution in [2.75, 3.05) is 12.1 Å². The van der Waals surface area contributed by atoms with Gasteiger partial charge < -0.3 is 4.74 Å². The summed E-state index contributed by atoms with van der Waals surface area (Å²) in [5.74, 6) is 0.403. The van der Waals surface area contributed by atoms with E-state index in [2.05, 4.69) is 36.2 Å². The summed E-state index contributed by atoms with van der Waals surface area (Å²) in [4.78, 5) is 17.4. The van der Waals surface area contributed by atoms with Crippen LogP contribution in [-0.4, -0.2) is 29.8 Å². The average molecular weight is 470 g/mol. The molecule has 4 rings (SSSR count). The molecular weight excluding hydrogens is 454 g/mol. The van der Waals surface area contributed by atoms with E-state index in [0.717, 1.165) is 15.7 Å². The van der Waals surface area contributed by atoms with Crippen LogP contribution in [0.15, 0.2) is 73.7 Å². The molecule has 29 heavy (non-hydrogen) atoms. The summed E-state index contributed by atoms with van der Waals surface area (Å²) in [6.07, 6.45) is 0. The molecule has 7 nitrogen and oxygen atoms in total. The summed E-state index contributed by atoms with van der Waals surface area (Å²) in [6, 6.07) is 14.2. The lowest BCUT2D eigenvalue weighted by Gasteiger charge is -2.08. The predicted molar refractivity (Wildman–Crippen MR) is 117 cm³/mol. The summed E-state index contributed by atoms with van der Waals surface area (Å²) < 4.78 is 6.18. The number of carbonyl (C=O) groups is 1. The number of methoxy groups -OCH3 is 1. The van der Waals surface area contributed by atoms with E-state index in [1.54, 1.807) is 26.2 Å². The number of hydrogen-bond acceptors (Lipinski definition) is 7. The summed E-state index contributed by atoms with van der Waals surface area (Å²) in [5.41, 5.74) is 2.94. The number of aromatic nitrogens is 1. The van der Waals surface area contributed by atoms with Gasteiger partial charge in [0.25, 0.3) is 5.91 Å². The van der Waals surface area contributed by atoms with Gasteiger partial charge in [-0.3, -0.25) is 4.79 Å². The standard InChI is InChI=1S/C20H16BrN5O2S/c1-12-18(24-23-15-4-3-5-16(10-15)28-2)19(27)26(25-12)20-22-17(11-29-20)13-6-8-14(21)9-7-13/h3-11,18H,1-2H3/t18-/m0/s1. The molecule has 1 aromatic heterocycles. The van der Waals surface area contributed by atoms with Crippen molar-refractivity contribution in [1.29, 1.82) is 0 Å². The van der Waals surface area contributed by atoms with E-state index in [-0.39, 0.29) is 5.91 Å². The van der Waals surface area contributed by atoms with Crippen LogP contribution in [0, 0.1) is 0 Å². The molecule has 0 aliphatic carbocycles. The largest absolute Gasteiger partial charge is 0.497 e. The van der Waals surface area contributed by atoms with Gasteiger partial charge in [-0.2, -0.15) is 20.3 Å². The smallest absolute Gasteiger partial charge is 0.282 e. The second-order valence-electron chi connectivity index (χ2n) is 6.23. The molecule has 0 bridgehead atoms. The van der Waals surface area contributed by atoms with Crippen LogP contribution in [0.5, 0.6) is 5.75 Å². The van der Waals surface area contributed by atoms with Crippen molar-refractivity contribution < 1.29 is 9.53 Å². The van der Waals surface area contributed by atoms with Gasteiger partial charge in [0.2, 0.25) is 5.13 Å². The van der Waals surface area contributed by atoms with Gasteiger partial charge in [-0.15, -0.1) is 11.3 Å². The third kappa shape index (κ3) is 4.10. The van der Waals surface area contributed by atoms with E-state index in [4.69, 9.17) is 4.74 Å². The van der Waals surface area contributed by atoms with Crippen LogP contribution in [0.3, 0.4) is 0 Å². The molecule has 1 aliphatic rings. The van der Waals surface area contributed by atoms with Crippen LogP contribution in [-0.2, 0) is 4.79 Å². The summed E-state index contributed by atoms with van der Waals surface area (Å²) in [5, 5.41) is 16.4. The summed E-state index contributed by atoms with van der Waals surface area (Å²) >= 11 is 4.78. The topological polar surface area (TPSA) is 79.5 Å². The Kier molecular flexibility index (Phi) is 5.50. The molecule has 1 aliphatic heterocycles. The first-order valence-electron chi connectivity index (χ1n) is 8.70. The van der Waals surface area contributed by atoms with E-state index in [0.29, 0.717) is 22.3 Å². The van der Waals surface area contributed by atoms with Gasteiger partial charge in [-0.1, -0.05) is 34.1 Å². The molecule has 2 heterocycles. The van der Waals surface area contributed by atoms with Crippen LogP contribution >= 0.6 is 27.3 Å². The highest BCUT2D eigenvalue weighted by Crippen LogP contribution is 2.31. The Bertz CT molecular complexity index is 1110. The zero-order valence-corrected chi connectivity index (χ0v) is 18.0. The number of azo groups is 1. The van der Waals surface area contributed by atoms with Gasteiger partial charge >= 0.3 is 0 Å². The predicted octanol–water partition coefficient (Wildman–Crippen LogP) is 5.46. The molecule has 9 heteroatoms. The highest BCUT2D eigenvalue weighted by atomic mass is 79.9. The van der Waals surface area contributed by atoms with Crippen molar-refractivity contribution in [3.63, 3.8) is 0 Å². The molecule has 1 amide bonds. The monoisotopic (exact) mass is 469 g/mol. The summed E-state index contributed by atoms with van der Waals surface area (Å²) in [6.45, 7) is 1.76. The number of thiazole rings is 1. The lowest BCUT2D eigenvalue weighted by molar-refractivity contribution is -0.117. The lowest BCUT2D eigenvalue weighted by atomic mass is 10.2. The minimum absolute atomic E-state index is 0.272. The number of nitrogens with zero attached hydrogens (tertiary/aromatic N) is 5. The number of ether oxygens (including phenoxy) is 1. The zero-order chi connectivity index (χ0) is 20.4. The quantitative estimate of drug-likeness (QED) is 0.465. The molecule has 1 atom stereocenters. The molecule has 146 valence electrons. The van der Waals surface area contributed by atoms with E-state index >= 15 is 0 Å². The maximum Gasteiger partial charge on any atom is 0.282 e. The van der Waals surface area contributed by atoms with Crippen molar-refractivity contribution in [2.45, 2.75) is 13.0 Å². The second kappa shape index (κ2) is 8.22. The Morgan fingerprint density at radius 1 is 1.21 bits per heavy atom. The third-order valence-corrected chi connectivity index (χ3v) is 5.60. The minimum Gasteiger partial charge on any atom is -0.497 e. The molecule has 0 saturated heterocycles. The van der Waals surface area contributed by atoms with Crippen LogP contribution < -0.4 is 9.75 Å². The fourth-order valence-electron chi connectivity index (χ4n) is 2.74. The number of hydrogen-bond donors (Lipinski definition) is 0. The summed E-state index contributed by atoms with van der Waals surface area (Å²) in [7, 11) is 1.59. The number of carbonyl (C=O) groups excluding carboxylic acids is 1. The second-order valence-corrected chi connectivity index (χ2v) is 7.99. The van der Waals surface area contributed by atoms with E-state index < -0.39 is 6.04 Å². The normalized spacial score (nSPS) is 16.5. The molecule has 0 N–H and O–H groups in total. The maximum atomic E-state index is 12.8. The van der Waals surface area contributed by atoms with Gasteiger partial charge in [-0.25, -0.2) is 4.98 Å². The first kappa shape index (κ1) is 19.4. The van der Waals surface area contributed by atoms with Crippen molar-refractivity contribution in [2.24, 2.45) is 15.3 Å². The van der Waals surface area contributed by atoms with Gasteiger partial charge in [0.1, 0.15) is 5.75 Å². The van der Waals surface area contributed by atoms with E-state index in [9.17, 15) is 4.79 Å². The SMILES string of the molecule is COc1cccc(N=N[C@@H]2C(=O)N(c3nc(-c4ccc(Br)cc4)cs3)N=C2C)c1. The highest BCUT2D eigenvalue weighted by Gasteiger charge is 2.36. The van der Waals surface area contributed by atoms with Crippen LogP contribution in [0.1, 0.15) is 6.92 Å². The maximum absolute atomic E-state index is 12.8. The Morgan fingerprint density at radius 3 is 2.76 bits per heavy atom. The Labute approximate surface area is 179 Å². The van der Waals surface area contributed by atoms with Crippen LogP contribution in [0.25, 0.3) is 11.3 Å². The molecule has 0 radical (unpaired) electrons. The number of benzene rings is 2. The molecule has 3 aromatic rings. The Balaban J connectivity index is 1.53. The van der Waals surface area contributed by atoms with E-state index in [1.807, 2.05) is 41.8 Å². The van der Waals surface area contributed by atoms with Crippen LogP contribution in [0.4, 0.5) is 10.8 Å². The number of hydrazone groups is 1. The van der Waals surface area contributed by atoms with Gasteiger partial charge in [0.05, 0.1) is 24.2 Å². The molecular formula is C20H16BrN5O2S. The Hall–Kier alpha value is -2.91. The number of anilines is 1.